The Bertz CT molecular complexity index is 357. The molecule has 1 heterocycles. The van der Waals surface area contributed by atoms with Crippen LogP contribution in [0.1, 0.15) is 6.92 Å². The summed E-state index contributed by atoms with van der Waals surface area (Å²) in [4.78, 5) is 6.22. The Labute approximate surface area is 92.4 Å². The van der Waals surface area contributed by atoms with Crippen LogP contribution in [0.25, 0.3) is 0 Å². The molecule has 0 amide bonds. The fourth-order valence-electron chi connectivity index (χ4n) is 1.12. The number of nitrogens with zero attached hydrogens (tertiary/aromatic N) is 2. The van der Waals surface area contributed by atoms with Crippen LogP contribution in [0.5, 0.6) is 0 Å². The fraction of sp³-hybridized carbons (Fsp3) is 0.300. The van der Waals surface area contributed by atoms with Gasteiger partial charge in [-0.3, -0.25) is 0 Å². The molecule has 0 fully saturated rings. The van der Waals surface area contributed by atoms with Gasteiger partial charge in [-0.15, -0.1) is 6.42 Å². The van der Waals surface area contributed by atoms with Crippen LogP contribution in [-0.2, 0) is 0 Å². The van der Waals surface area contributed by atoms with E-state index in [2.05, 4.69) is 26.8 Å². The van der Waals surface area contributed by atoms with Crippen LogP contribution in [0.3, 0.4) is 0 Å². The number of nitrogens with two attached hydrogens (primary N) is 1. The average molecular weight is 254 g/mol. The Morgan fingerprint density at radius 1 is 1.71 bits per heavy atom. The molecule has 0 aliphatic carbocycles. The zero-order chi connectivity index (χ0) is 10.6. The molecular weight excluding hydrogens is 242 g/mol. The highest BCUT2D eigenvalue weighted by Gasteiger charge is 2.08. The first kappa shape index (κ1) is 10.9. The number of rotatable bonds is 3. The van der Waals surface area contributed by atoms with Crippen LogP contribution in [0.2, 0.25) is 0 Å². The molecule has 74 valence electrons. The number of pyridine rings is 1. The van der Waals surface area contributed by atoms with Gasteiger partial charge in [-0.25, -0.2) is 4.98 Å². The summed E-state index contributed by atoms with van der Waals surface area (Å²) in [5.41, 5.74) is 6.23. The third-order valence-corrected chi connectivity index (χ3v) is 2.39. The maximum atomic E-state index is 5.59. The molecule has 14 heavy (non-hydrogen) atoms. The fourth-order valence-corrected chi connectivity index (χ4v) is 1.74. The molecule has 4 heteroatoms. The molecule has 1 aromatic rings. The number of hydrogen-bond donors (Lipinski definition) is 1. The molecule has 0 saturated heterocycles. The lowest BCUT2D eigenvalue weighted by atomic mass is 10.4. The van der Waals surface area contributed by atoms with Gasteiger partial charge in [0, 0.05) is 6.54 Å². The van der Waals surface area contributed by atoms with E-state index in [1.165, 1.54) is 0 Å². The second-order valence-electron chi connectivity index (χ2n) is 2.79. The summed E-state index contributed by atoms with van der Waals surface area (Å²) < 4.78 is 0.870. The number of aromatic nitrogens is 1. The Balaban J connectivity index is 2.99. The summed E-state index contributed by atoms with van der Waals surface area (Å²) in [5, 5.41) is 0. The Hall–Kier alpha value is -1.21. The van der Waals surface area contributed by atoms with Crippen molar-refractivity contribution in [1.82, 2.24) is 4.98 Å². The summed E-state index contributed by atoms with van der Waals surface area (Å²) in [7, 11) is 0. The van der Waals surface area contributed by atoms with Gasteiger partial charge in [0.25, 0.3) is 0 Å². The number of terminal acetylenes is 1. The lowest BCUT2D eigenvalue weighted by Gasteiger charge is -2.20. The van der Waals surface area contributed by atoms with Gasteiger partial charge in [0.2, 0.25) is 0 Å². The molecule has 0 aliphatic rings. The van der Waals surface area contributed by atoms with Crippen molar-refractivity contribution in [2.24, 2.45) is 0 Å². The summed E-state index contributed by atoms with van der Waals surface area (Å²) in [6.07, 6.45) is 6.89. The molecule has 0 spiro atoms. The summed E-state index contributed by atoms with van der Waals surface area (Å²) in [6.45, 7) is 3.40. The van der Waals surface area contributed by atoms with Crippen LogP contribution in [0, 0.1) is 12.3 Å². The maximum Gasteiger partial charge on any atom is 0.143 e. The molecule has 0 aromatic carbocycles. The third kappa shape index (κ3) is 2.39. The van der Waals surface area contributed by atoms with Crippen molar-refractivity contribution >= 4 is 27.4 Å². The van der Waals surface area contributed by atoms with Gasteiger partial charge in [0.15, 0.2) is 0 Å². The molecule has 2 N–H and O–H groups in total. The van der Waals surface area contributed by atoms with Gasteiger partial charge in [-0.1, -0.05) is 5.92 Å². The van der Waals surface area contributed by atoms with Gasteiger partial charge in [-0.05, 0) is 28.9 Å². The van der Waals surface area contributed by atoms with E-state index >= 15 is 0 Å². The first-order valence-electron chi connectivity index (χ1n) is 4.28. The Morgan fingerprint density at radius 2 is 2.43 bits per heavy atom. The second-order valence-corrected chi connectivity index (χ2v) is 3.65. The lowest BCUT2D eigenvalue weighted by Crippen LogP contribution is -2.24. The largest absolute Gasteiger partial charge is 0.397 e. The minimum atomic E-state index is 0.548. The van der Waals surface area contributed by atoms with Crippen LogP contribution < -0.4 is 10.6 Å². The van der Waals surface area contributed by atoms with E-state index in [0.717, 1.165) is 16.8 Å². The van der Waals surface area contributed by atoms with Crippen LogP contribution in [0.15, 0.2) is 16.7 Å². The highest BCUT2D eigenvalue weighted by Crippen LogP contribution is 2.24. The van der Waals surface area contributed by atoms with Gasteiger partial charge >= 0.3 is 0 Å². The van der Waals surface area contributed by atoms with E-state index in [1.807, 2.05) is 17.9 Å². The van der Waals surface area contributed by atoms with E-state index in [1.54, 1.807) is 6.20 Å². The van der Waals surface area contributed by atoms with E-state index in [-0.39, 0.29) is 0 Å². The quantitative estimate of drug-likeness (QED) is 0.837. The molecule has 0 bridgehead atoms. The smallest absolute Gasteiger partial charge is 0.143 e. The highest BCUT2D eigenvalue weighted by atomic mass is 79.9. The lowest BCUT2D eigenvalue weighted by molar-refractivity contribution is 0.890. The van der Waals surface area contributed by atoms with Crippen molar-refractivity contribution in [1.29, 1.82) is 0 Å². The number of hydrogen-bond acceptors (Lipinski definition) is 3. The van der Waals surface area contributed by atoms with Gasteiger partial charge in [0.1, 0.15) is 5.82 Å². The molecule has 0 aliphatic heterocycles. The van der Waals surface area contributed by atoms with E-state index in [0.29, 0.717) is 12.2 Å². The maximum absolute atomic E-state index is 5.59. The van der Waals surface area contributed by atoms with Gasteiger partial charge in [0.05, 0.1) is 22.9 Å². The predicted octanol–water partition coefficient (Wildman–Crippen LogP) is 1.89. The minimum Gasteiger partial charge on any atom is -0.397 e. The first-order chi connectivity index (χ1) is 6.69. The molecular formula is C10H12BrN3. The molecule has 0 radical (unpaired) electrons. The van der Waals surface area contributed by atoms with E-state index in [4.69, 9.17) is 12.2 Å². The van der Waals surface area contributed by atoms with E-state index < -0.39 is 0 Å². The standard InChI is InChI=1S/C10H12BrN3/c1-3-5-14(4-2)10-9(11)6-8(12)7-13-10/h1,6-7H,4-5,12H2,2H3. The number of nitrogen functional groups attached to an aromatic ring is 1. The second kappa shape index (κ2) is 4.87. The van der Waals surface area contributed by atoms with Crippen molar-refractivity contribution < 1.29 is 0 Å². The number of anilines is 2. The molecule has 1 aromatic heterocycles. The zero-order valence-electron chi connectivity index (χ0n) is 8.00. The van der Waals surface area contributed by atoms with Crippen molar-refractivity contribution in [2.45, 2.75) is 6.92 Å². The number of halogens is 1. The zero-order valence-corrected chi connectivity index (χ0v) is 9.58. The summed E-state index contributed by atoms with van der Waals surface area (Å²) in [5.74, 6) is 3.43. The average Bonchev–Trinajstić information content (AvgIpc) is 2.15. The monoisotopic (exact) mass is 253 g/mol. The summed E-state index contributed by atoms with van der Waals surface area (Å²) >= 11 is 3.41. The SMILES string of the molecule is C#CCN(CC)c1ncc(N)cc1Br. The Morgan fingerprint density at radius 3 is 2.93 bits per heavy atom. The molecule has 1 rings (SSSR count). The topological polar surface area (TPSA) is 42.2 Å². The Kier molecular flexibility index (Phi) is 3.78. The van der Waals surface area contributed by atoms with Crippen LogP contribution in [-0.4, -0.2) is 18.1 Å². The van der Waals surface area contributed by atoms with Crippen molar-refractivity contribution in [3.63, 3.8) is 0 Å². The molecule has 3 nitrogen and oxygen atoms in total. The predicted molar refractivity (Wildman–Crippen MR) is 63.1 cm³/mol. The summed E-state index contributed by atoms with van der Waals surface area (Å²) in [6, 6.07) is 1.82. The van der Waals surface area contributed by atoms with Gasteiger partial charge in [-0.2, -0.15) is 0 Å². The highest BCUT2D eigenvalue weighted by molar-refractivity contribution is 9.10. The third-order valence-electron chi connectivity index (χ3n) is 1.81. The normalized spacial score (nSPS) is 9.50. The molecule has 0 atom stereocenters. The molecule has 0 unspecified atom stereocenters. The van der Waals surface area contributed by atoms with Gasteiger partial charge < -0.3 is 10.6 Å². The first-order valence-corrected chi connectivity index (χ1v) is 5.07. The van der Waals surface area contributed by atoms with Crippen LogP contribution in [0.4, 0.5) is 11.5 Å². The molecule has 0 saturated carbocycles. The minimum absolute atomic E-state index is 0.548. The van der Waals surface area contributed by atoms with E-state index in [9.17, 15) is 0 Å². The van der Waals surface area contributed by atoms with Crippen molar-refractivity contribution in [2.75, 3.05) is 23.7 Å². The van der Waals surface area contributed by atoms with Crippen LogP contribution >= 0.6 is 15.9 Å². The van der Waals surface area contributed by atoms with Crippen molar-refractivity contribution in [3.05, 3.63) is 16.7 Å². The van der Waals surface area contributed by atoms with Crippen molar-refractivity contribution in [3.8, 4) is 12.3 Å².